The van der Waals surface area contributed by atoms with Crippen LogP contribution in [-0.2, 0) is 14.3 Å². The smallest absolute Gasteiger partial charge is 0.309 e. The van der Waals surface area contributed by atoms with Crippen LogP contribution in [0.1, 0.15) is 46.5 Å². The second-order valence-electron chi connectivity index (χ2n) is 7.18. The Morgan fingerprint density at radius 3 is 2.72 bits per heavy atom. The zero-order chi connectivity index (χ0) is 12.7. The Hall–Kier alpha value is -0.570. The highest BCUT2D eigenvalue weighted by Gasteiger charge is 2.76. The molecule has 100 valence electrons. The normalized spacial score (nSPS) is 61.5. The summed E-state index contributed by atoms with van der Waals surface area (Å²) in [5, 5.41) is 0. The molecule has 3 heteroatoms. The maximum atomic E-state index is 12.1. The Labute approximate surface area is 108 Å². The average molecular weight is 250 g/mol. The first-order valence-corrected chi connectivity index (χ1v) is 7.40. The lowest BCUT2D eigenvalue weighted by Crippen LogP contribution is -2.58. The predicted octanol–water partition coefficient (Wildman–Crippen LogP) is 2.53. The quantitative estimate of drug-likeness (QED) is 0.490. The van der Waals surface area contributed by atoms with E-state index < -0.39 is 0 Å². The number of carbonyl (C=O) groups is 1. The Balaban J connectivity index is 1.81. The van der Waals surface area contributed by atoms with Gasteiger partial charge in [-0.3, -0.25) is 4.79 Å². The van der Waals surface area contributed by atoms with Crippen LogP contribution in [-0.4, -0.2) is 23.3 Å². The van der Waals surface area contributed by atoms with Crippen LogP contribution in [0.5, 0.6) is 0 Å². The van der Waals surface area contributed by atoms with Crippen molar-refractivity contribution in [2.24, 2.45) is 23.7 Å². The molecule has 4 aliphatic rings. The summed E-state index contributed by atoms with van der Waals surface area (Å²) in [6.07, 6.45) is 4.82. The molecule has 18 heavy (non-hydrogen) atoms. The van der Waals surface area contributed by atoms with Gasteiger partial charge in [-0.15, -0.1) is 0 Å². The lowest BCUT2D eigenvalue weighted by Gasteiger charge is -2.49. The highest BCUT2D eigenvalue weighted by atomic mass is 16.7. The molecule has 2 saturated carbocycles. The zero-order valence-corrected chi connectivity index (χ0v) is 11.4. The molecule has 1 spiro atoms. The van der Waals surface area contributed by atoms with Crippen LogP contribution in [0.2, 0.25) is 0 Å². The second kappa shape index (κ2) is 3.12. The van der Waals surface area contributed by atoms with Gasteiger partial charge >= 0.3 is 5.97 Å². The van der Waals surface area contributed by atoms with Crippen molar-refractivity contribution in [3.8, 4) is 0 Å². The third-order valence-electron chi connectivity index (χ3n) is 6.28. The van der Waals surface area contributed by atoms with Crippen molar-refractivity contribution in [2.45, 2.75) is 63.8 Å². The molecule has 2 aliphatic heterocycles. The molecule has 4 rings (SSSR count). The van der Waals surface area contributed by atoms with Crippen molar-refractivity contribution in [1.29, 1.82) is 0 Å². The molecule has 7 atom stereocenters. The summed E-state index contributed by atoms with van der Waals surface area (Å²) in [6.45, 7) is 6.56. The fraction of sp³-hybridized carbons (Fsp3) is 0.933. The Bertz CT molecular complexity index is 420. The van der Waals surface area contributed by atoms with E-state index >= 15 is 0 Å². The highest BCUT2D eigenvalue weighted by molar-refractivity contribution is 5.76. The summed E-state index contributed by atoms with van der Waals surface area (Å²) in [4.78, 5) is 12.1. The molecule has 1 unspecified atom stereocenters. The van der Waals surface area contributed by atoms with Gasteiger partial charge in [-0.25, -0.2) is 0 Å². The SMILES string of the molecule is CC1C(=O)O[C@@]23[C@H]1CC[C@@H](C)[C@@H]2CC[C@]1(C)O[C@@H]31. The number of ether oxygens (including phenoxy) is 2. The van der Waals surface area contributed by atoms with Crippen LogP contribution in [0.4, 0.5) is 0 Å². The summed E-state index contributed by atoms with van der Waals surface area (Å²) in [5.41, 5.74) is -0.280. The van der Waals surface area contributed by atoms with Gasteiger partial charge in [0.15, 0.2) is 0 Å². The minimum absolute atomic E-state index is 0.00382. The van der Waals surface area contributed by atoms with Crippen LogP contribution in [0.15, 0.2) is 0 Å². The average Bonchev–Trinajstić information content (AvgIpc) is 2.95. The van der Waals surface area contributed by atoms with Gasteiger partial charge < -0.3 is 9.47 Å². The van der Waals surface area contributed by atoms with E-state index in [2.05, 4.69) is 13.8 Å². The number of hydrogen-bond acceptors (Lipinski definition) is 3. The highest BCUT2D eigenvalue weighted by Crippen LogP contribution is 2.66. The first kappa shape index (κ1) is 11.3. The van der Waals surface area contributed by atoms with Crippen LogP contribution in [0, 0.1) is 23.7 Å². The predicted molar refractivity (Wildman–Crippen MR) is 65.9 cm³/mol. The van der Waals surface area contributed by atoms with E-state index in [1.54, 1.807) is 0 Å². The van der Waals surface area contributed by atoms with Gasteiger partial charge in [0.25, 0.3) is 0 Å². The second-order valence-corrected chi connectivity index (χ2v) is 7.18. The fourth-order valence-electron chi connectivity index (χ4n) is 5.20. The van der Waals surface area contributed by atoms with Crippen LogP contribution in [0.25, 0.3) is 0 Å². The van der Waals surface area contributed by atoms with Crippen LogP contribution < -0.4 is 0 Å². The van der Waals surface area contributed by atoms with E-state index in [0.717, 1.165) is 19.3 Å². The summed E-state index contributed by atoms with van der Waals surface area (Å²) in [6, 6.07) is 0. The number of fused-ring (bicyclic) bond motifs is 1. The maximum Gasteiger partial charge on any atom is 0.309 e. The summed E-state index contributed by atoms with van der Waals surface area (Å²) >= 11 is 0. The van der Waals surface area contributed by atoms with Gasteiger partial charge in [0.1, 0.15) is 11.7 Å². The molecule has 0 radical (unpaired) electrons. The number of carbonyl (C=O) groups excluding carboxylic acids is 1. The third-order valence-corrected chi connectivity index (χ3v) is 6.28. The number of rotatable bonds is 0. The molecule has 0 aromatic carbocycles. The van der Waals surface area contributed by atoms with Gasteiger partial charge in [0, 0.05) is 11.8 Å². The lowest BCUT2D eigenvalue weighted by atomic mass is 9.55. The lowest BCUT2D eigenvalue weighted by molar-refractivity contribution is -0.168. The number of esters is 1. The third kappa shape index (κ3) is 1.08. The van der Waals surface area contributed by atoms with Gasteiger partial charge in [0.2, 0.25) is 0 Å². The molecule has 2 saturated heterocycles. The van der Waals surface area contributed by atoms with E-state index in [1.807, 2.05) is 6.92 Å². The van der Waals surface area contributed by atoms with E-state index in [4.69, 9.17) is 9.47 Å². The van der Waals surface area contributed by atoms with Gasteiger partial charge in [-0.2, -0.15) is 0 Å². The molecule has 2 heterocycles. The van der Waals surface area contributed by atoms with Crippen molar-refractivity contribution in [3.05, 3.63) is 0 Å². The van der Waals surface area contributed by atoms with Gasteiger partial charge in [0.05, 0.1) is 11.5 Å². The van der Waals surface area contributed by atoms with Gasteiger partial charge in [-0.1, -0.05) is 13.8 Å². The Morgan fingerprint density at radius 2 is 1.94 bits per heavy atom. The van der Waals surface area contributed by atoms with Crippen LogP contribution >= 0.6 is 0 Å². The first-order valence-electron chi connectivity index (χ1n) is 7.40. The molecular formula is C15H22O3. The van der Waals surface area contributed by atoms with Gasteiger partial charge in [-0.05, 0) is 38.5 Å². The Kier molecular flexibility index (Phi) is 1.95. The largest absolute Gasteiger partial charge is 0.455 e. The summed E-state index contributed by atoms with van der Waals surface area (Å²) in [7, 11) is 0. The van der Waals surface area contributed by atoms with Crippen LogP contribution in [0.3, 0.4) is 0 Å². The van der Waals surface area contributed by atoms with E-state index in [0.29, 0.717) is 17.8 Å². The minimum Gasteiger partial charge on any atom is -0.455 e. The van der Waals surface area contributed by atoms with E-state index in [1.165, 1.54) is 6.42 Å². The van der Waals surface area contributed by atoms with Crippen molar-refractivity contribution in [1.82, 2.24) is 0 Å². The number of hydrogen-bond donors (Lipinski definition) is 0. The fourth-order valence-corrected chi connectivity index (χ4v) is 5.20. The van der Waals surface area contributed by atoms with Crippen molar-refractivity contribution < 1.29 is 14.3 Å². The van der Waals surface area contributed by atoms with E-state index in [9.17, 15) is 4.79 Å². The molecule has 4 fully saturated rings. The molecule has 2 aliphatic carbocycles. The summed E-state index contributed by atoms with van der Waals surface area (Å²) < 4.78 is 12.0. The van der Waals surface area contributed by atoms with E-state index in [-0.39, 0.29) is 29.2 Å². The molecular weight excluding hydrogens is 228 g/mol. The zero-order valence-electron chi connectivity index (χ0n) is 11.4. The molecule has 3 nitrogen and oxygen atoms in total. The molecule has 0 N–H and O–H groups in total. The maximum absolute atomic E-state index is 12.1. The molecule has 0 bridgehead atoms. The topological polar surface area (TPSA) is 38.8 Å². The van der Waals surface area contributed by atoms with Crippen molar-refractivity contribution in [3.63, 3.8) is 0 Å². The number of epoxide rings is 1. The van der Waals surface area contributed by atoms with Crippen molar-refractivity contribution in [2.75, 3.05) is 0 Å². The summed E-state index contributed by atoms with van der Waals surface area (Å²) in [5.74, 6) is 1.64. The monoisotopic (exact) mass is 250 g/mol. The van der Waals surface area contributed by atoms with Crippen molar-refractivity contribution >= 4 is 5.97 Å². The first-order chi connectivity index (χ1) is 8.49. The molecule has 0 amide bonds. The molecule has 0 aromatic heterocycles. The minimum atomic E-state index is -0.277. The Morgan fingerprint density at radius 1 is 1.17 bits per heavy atom. The standard InChI is InChI=1S/C15H22O3/c1-8-4-5-11-9(2)12(16)17-15(11)10(8)6-7-14(3)13(15)18-14/h8-11,13H,4-7H2,1-3H3/t8-,9?,10+,11+,13-,14+,15-/m1/s1. The molecule has 0 aromatic rings.